The lowest BCUT2D eigenvalue weighted by Gasteiger charge is -2.26. The van der Waals surface area contributed by atoms with Crippen molar-refractivity contribution in [3.8, 4) is 5.75 Å². The summed E-state index contributed by atoms with van der Waals surface area (Å²) < 4.78 is 7.92. The first kappa shape index (κ1) is 18.7. The predicted molar refractivity (Wildman–Crippen MR) is 114 cm³/mol. The van der Waals surface area contributed by atoms with E-state index in [9.17, 15) is 4.79 Å². The minimum Gasteiger partial charge on any atom is -0.493 e. The lowest BCUT2D eigenvalue weighted by molar-refractivity contribution is -0.119. The number of rotatable bonds is 7. The van der Waals surface area contributed by atoms with Crippen LogP contribution in [0, 0.1) is 0 Å². The third-order valence-electron chi connectivity index (χ3n) is 5.19. The van der Waals surface area contributed by atoms with Crippen LogP contribution in [-0.4, -0.2) is 33.0 Å². The van der Waals surface area contributed by atoms with Crippen LogP contribution >= 0.6 is 23.1 Å². The Morgan fingerprint density at radius 3 is 2.93 bits per heavy atom. The van der Waals surface area contributed by atoms with Gasteiger partial charge in [0.1, 0.15) is 11.6 Å². The van der Waals surface area contributed by atoms with Crippen molar-refractivity contribution in [1.29, 1.82) is 0 Å². The van der Waals surface area contributed by atoms with Crippen molar-refractivity contribution in [3.05, 3.63) is 58.0 Å². The third-order valence-corrected chi connectivity index (χ3v) is 7.01. The molecule has 1 saturated carbocycles. The van der Waals surface area contributed by atoms with Crippen LogP contribution in [0.25, 0.3) is 0 Å². The fourth-order valence-corrected chi connectivity index (χ4v) is 5.19. The number of aromatic nitrogens is 3. The van der Waals surface area contributed by atoms with Gasteiger partial charge in [0.25, 0.3) is 0 Å². The zero-order chi connectivity index (χ0) is 19.6. The molecule has 1 aliphatic carbocycles. The van der Waals surface area contributed by atoms with Crippen molar-refractivity contribution in [2.75, 3.05) is 12.4 Å². The Labute approximate surface area is 177 Å². The van der Waals surface area contributed by atoms with E-state index in [2.05, 4.69) is 37.6 Å². The van der Waals surface area contributed by atoms with E-state index in [-0.39, 0.29) is 11.9 Å². The molecule has 2 aliphatic rings. The van der Waals surface area contributed by atoms with Crippen molar-refractivity contribution in [2.24, 2.45) is 0 Å². The summed E-state index contributed by atoms with van der Waals surface area (Å²) >= 11 is 3.21. The van der Waals surface area contributed by atoms with Gasteiger partial charge in [-0.3, -0.25) is 4.79 Å². The topological polar surface area (TPSA) is 69.0 Å². The molecule has 3 aromatic rings. The summed E-state index contributed by atoms with van der Waals surface area (Å²) in [6.07, 6.45) is 3.91. The first-order valence-electron chi connectivity index (χ1n) is 9.88. The van der Waals surface area contributed by atoms with Gasteiger partial charge < -0.3 is 14.6 Å². The van der Waals surface area contributed by atoms with Gasteiger partial charge in [0.15, 0.2) is 5.16 Å². The number of benzene rings is 1. The second kappa shape index (κ2) is 8.20. The third kappa shape index (κ3) is 4.18. The molecular formula is C21H22N4O2S2. The molecule has 1 aromatic carbocycles. The second-order valence-corrected chi connectivity index (χ2v) is 9.31. The molecule has 150 valence electrons. The first-order valence-corrected chi connectivity index (χ1v) is 11.7. The van der Waals surface area contributed by atoms with Crippen molar-refractivity contribution >= 4 is 29.0 Å². The fraction of sp³-hybridized carbons (Fsp3) is 0.381. The Morgan fingerprint density at radius 1 is 1.21 bits per heavy atom. The molecule has 1 aliphatic heterocycles. The molecule has 5 rings (SSSR count). The van der Waals surface area contributed by atoms with Crippen molar-refractivity contribution in [1.82, 2.24) is 20.1 Å². The molecule has 29 heavy (non-hydrogen) atoms. The van der Waals surface area contributed by atoms with Crippen LogP contribution in [0.4, 0.5) is 0 Å². The highest BCUT2D eigenvalue weighted by atomic mass is 32.2. The van der Waals surface area contributed by atoms with Crippen LogP contribution in [0.15, 0.2) is 46.9 Å². The highest BCUT2D eigenvalue weighted by molar-refractivity contribution is 7.99. The SMILES string of the molecule is O=C(CSc1nnc(Cc2cccs2)n1C1CC1)N[C@H]1CCOc2ccccc21. The van der Waals surface area contributed by atoms with E-state index in [0.717, 1.165) is 48.0 Å². The number of para-hydroxylation sites is 1. The van der Waals surface area contributed by atoms with Gasteiger partial charge in [0.2, 0.25) is 5.91 Å². The number of thioether (sulfide) groups is 1. The van der Waals surface area contributed by atoms with Crippen LogP contribution in [0.3, 0.4) is 0 Å². The van der Waals surface area contributed by atoms with E-state index in [0.29, 0.717) is 18.4 Å². The normalized spacial score (nSPS) is 18.1. The lowest BCUT2D eigenvalue weighted by Crippen LogP contribution is -2.33. The van der Waals surface area contributed by atoms with Crippen LogP contribution in [-0.2, 0) is 11.2 Å². The Balaban J connectivity index is 1.24. The monoisotopic (exact) mass is 426 g/mol. The average Bonchev–Trinajstić information content (AvgIpc) is 3.29. The summed E-state index contributed by atoms with van der Waals surface area (Å²) in [6.45, 7) is 0.622. The standard InChI is InChI=1S/C21H22N4O2S2/c26-20(22-17-9-10-27-18-6-2-1-5-16(17)18)13-29-21-24-23-19(25(21)14-7-8-14)12-15-4-3-11-28-15/h1-6,11,14,17H,7-10,12-13H2,(H,22,26)/t17-/m0/s1. The molecule has 0 unspecified atom stereocenters. The first-order chi connectivity index (χ1) is 14.3. The number of carbonyl (C=O) groups is 1. The summed E-state index contributed by atoms with van der Waals surface area (Å²) in [6, 6.07) is 12.6. The molecule has 0 saturated heterocycles. The Bertz CT molecular complexity index is 998. The van der Waals surface area contributed by atoms with E-state index in [1.54, 1.807) is 11.3 Å². The molecule has 8 heteroatoms. The second-order valence-electron chi connectivity index (χ2n) is 7.34. The fourth-order valence-electron chi connectivity index (χ4n) is 3.65. The number of hydrogen-bond donors (Lipinski definition) is 1. The molecule has 1 fully saturated rings. The molecule has 3 heterocycles. The maximum Gasteiger partial charge on any atom is 0.230 e. The highest BCUT2D eigenvalue weighted by Gasteiger charge is 2.30. The molecule has 1 atom stereocenters. The van der Waals surface area contributed by atoms with Crippen LogP contribution in [0.1, 0.15) is 47.6 Å². The molecule has 1 amide bonds. The minimum atomic E-state index is 0.00346. The summed E-state index contributed by atoms with van der Waals surface area (Å²) in [5, 5.41) is 14.9. The molecular weight excluding hydrogens is 404 g/mol. The number of thiophene rings is 1. The largest absolute Gasteiger partial charge is 0.493 e. The molecule has 1 N–H and O–H groups in total. The molecule has 6 nitrogen and oxygen atoms in total. The zero-order valence-corrected chi connectivity index (χ0v) is 17.5. The van der Waals surface area contributed by atoms with Gasteiger partial charge in [0, 0.05) is 29.3 Å². The average molecular weight is 427 g/mol. The van der Waals surface area contributed by atoms with E-state index in [1.807, 2.05) is 24.3 Å². The quantitative estimate of drug-likeness (QED) is 0.579. The maximum absolute atomic E-state index is 12.6. The Morgan fingerprint density at radius 2 is 2.10 bits per heavy atom. The maximum atomic E-state index is 12.6. The van der Waals surface area contributed by atoms with Gasteiger partial charge in [-0.15, -0.1) is 21.5 Å². The molecule has 2 aromatic heterocycles. The number of fused-ring (bicyclic) bond motifs is 1. The molecule has 0 spiro atoms. The van der Waals surface area contributed by atoms with E-state index in [4.69, 9.17) is 4.74 Å². The summed E-state index contributed by atoms with van der Waals surface area (Å²) in [5.74, 6) is 2.21. The summed E-state index contributed by atoms with van der Waals surface area (Å²) in [4.78, 5) is 13.9. The van der Waals surface area contributed by atoms with Crippen molar-refractivity contribution < 1.29 is 9.53 Å². The highest BCUT2D eigenvalue weighted by Crippen LogP contribution is 2.39. The lowest BCUT2D eigenvalue weighted by atomic mass is 10.0. The van der Waals surface area contributed by atoms with Crippen molar-refractivity contribution in [3.63, 3.8) is 0 Å². The Kier molecular flexibility index (Phi) is 5.28. The van der Waals surface area contributed by atoms with Crippen molar-refractivity contribution in [2.45, 2.75) is 42.9 Å². The van der Waals surface area contributed by atoms with Gasteiger partial charge in [-0.1, -0.05) is 36.0 Å². The summed E-state index contributed by atoms with van der Waals surface area (Å²) in [5.41, 5.74) is 1.05. The number of amides is 1. The van der Waals surface area contributed by atoms with E-state index in [1.165, 1.54) is 16.6 Å². The van der Waals surface area contributed by atoms with Crippen LogP contribution in [0.2, 0.25) is 0 Å². The van der Waals surface area contributed by atoms with Gasteiger partial charge in [-0.2, -0.15) is 0 Å². The van der Waals surface area contributed by atoms with E-state index < -0.39 is 0 Å². The van der Waals surface area contributed by atoms with Gasteiger partial charge >= 0.3 is 0 Å². The minimum absolute atomic E-state index is 0.00346. The number of nitrogens with one attached hydrogen (secondary N) is 1. The number of carbonyl (C=O) groups excluding carboxylic acids is 1. The predicted octanol–water partition coefficient (Wildman–Crippen LogP) is 4.00. The van der Waals surface area contributed by atoms with Gasteiger partial charge in [0.05, 0.1) is 18.4 Å². The van der Waals surface area contributed by atoms with Crippen LogP contribution in [0.5, 0.6) is 5.75 Å². The van der Waals surface area contributed by atoms with Gasteiger partial charge in [-0.05, 0) is 30.4 Å². The van der Waals surface area contributed by atoms with E-state index >= 15 is 0 Å². The zero-order valence-electron chi connectivity index (χ0n) is 15.9. The number of nitrogens with zero attached hydrogens (tertiary/aromatic N) is 3. The molecule has 0 bridgehead atoms. The number of ether oxygens (including phenoxy) is 1. The summed E-state index contributed by atoms with van der Waals surface area (Å²) in [7, 11) is 0. The molecule has 0 radical (unpaired) electrons. The van der Waals surface area contributed by atoms with Crippen LogP contribution < -0.4 is 10.1 Å². The number of hydrogen-bond acceptors (Lipinski definition) is 6. The smallest absolute Gasteiger partial charge is 0.230 e. The Hall–Kier alpha value is -2.32. The van der Waals surface area contributed by atoms with Gasteiger partial charge in [-0.25, -0.2) is 0 Å².